The van der Waals surface area contributed by atoms with Gasteiger partial charge in [0.25, 0.3) is 0 Å². The van der Waals surface area contributed by atoms with Crippen LogP contribution in [0.15, 0.2) is 35.1 Å². The van der Waals surface area contributed by atoms with Crippen molar-refractivity contribution in [3.63, 3.8) is 0 Å². The molecule has 7 heteroatoms. The molecule has 0 bridgehead atoms. The van der Waals surface area contributed by atoms with E-state index in [0.29, 0.717) is 17.3 Å². The topological polar surface area (TPSA) is 63.9 Å². The zero-order valence-corrected chi connectivity index (χ0v) is 17.4. The van der Waals surface area contributed by atoms with Crippen LogP contribution in [0.1, 0.15) is 43.6 Å². The standard InChI is InChI=1S/C23H30N4O3/c1-2-4-21(30-19-12-28-13-19)20(3-1)17-6-9-26(10-7-17)18-5-8-23(11-18)14-27(15-23)22-25-24-16-29-22/h1-4,16-19H,5-15H2. The molecule has 1 aromatic carbocycles. The van der Waals surface area contributed by atoms with Crippen LogP contribution in [0.2, 0.25) is 0 Å². The van der Waals surface area contributed by atoms with Crippen molar-refractivity contribution in [3.8, 4) is 5.75 Å². The average molecular weight is 411 g/mol. The monoisotopic (exact) mass is 410 g/mol. The summed E-state index contributed by atoms with van der Waals surface area (Å²) in [7, 11) is 0. The molecular formula is C23H30N4O3. The summed E-state index contributed by atoms with van der Waals surface area (Å²) >= 11 is 0. The molecule has 1 spiro atoms. The zero-order chi connectivity index (χ0) is 20.0. The number of likely N-dealkylation sites (tertiary alicyclic amines) is 1. The van der Waals surface area contributed by atoms with Gasteiger partial charge >= 0.3 is 6.01 Å². The van der Waals surface area contributed by atoms with E-state index >= 15 is 0 Å². The van der Waals surface area contributed by atoms with E-state index in [1.54, 1.807) is 0 Å². The minimum absolute atomic E-state index is 0.232. The first kappa shape index (κ1) is 18.6. The molecule has 4 fully saturated rings. The van der Waals surface area contributed by atoms with Crippen LogP contribution in [-0.2, 0) is 4.74 Å². The molecule has 3 aliphatic heterocycles. The third-order valence-corrected chi connectivity index (χ3v) is 7.65. The molecule has 1 unspecified atom stereocenters. The van der Waals surface area contributed by atoms with Crippen molar-refractivity contribution < 1.29 is 13.9 Å². The summed E-state index contributed by atoms with van der Waals surface area (Å²) in [6, 6.07) is 10.0. The van der Waals surface area contributed by atoms with Gasteiger partial charge in [0.1, 0.15) is 11.9 Å². The molecule has 1 atom stereocenters. The van der Waals surface area contributed by atoms with Gasteiger partial charge in [0.05, 0.1) is 13.2 Å². The Kier molecular flexibility index (Phi) is 4.68. The quantitative estimate of drug-likeness (QED) is 0.750. The van der Waals surface area contributed by atoms with Crippen molar-refractivity contribution in [1.82, 2.24) is 15.1 Å². The number of aromatic nitrogens is 2. The highest BCUT2D eigenvalue weighted by Crippen LogP contribution is 2.49. The number of rotatable bonds is 5. The number of hydrogen-bond donors (Lipinski definition) is 0. The van der Waals surface area contributed by atoms with E-state index in [4.69, 9.17) is 13.9 Å². The number of hydrogen-bond acceptors (Lipinski definition) is 7. The molecule has 4 aliphatic rings. The normalized spacial score (nSPS) is 27.2. The van der Waals surface area contributed by atoms with Crippen molar-refractivity contribution in [3.05, 3.63) is 36.2 Å². The summed E-state index contributed by atoms with van der Waals surface area (Å²) in [6.07, 6.45) is 8.05. The van der Waals surface area contributed by atoms with Crippen molar-refractivity contribution in [2.75, 3.05) is 44.3 Å². The number of para-hydroxylation sites is 1. The van der Waals surface area contributed by atoms with E-state index < -0.39 is 0 Å². The van der Waals surface area contributed by atoms with Gasteiger partial charge in [-0.05, 0) is 62.7 Å². The Bertz CT molecular complexity index is 855. The largest absolute Gasteiger partial charge is 0.485 e. The van der Waals surface area contributed by atoms with Crippen LogP contribution in [0.25, 0.3) is 0 Å². The Hall–Kier alpha value is -2.12. The lowest BCUT2D eigenvalue weighted by Crippen LogP contribution is -2.56. The van der Waals surface area contributed by atoms with Crippen LogP contribution in [0.3, 0.4) is 0 Å². The second kappa shape index (κ2) is 7.54. The lowest BCUT2D eigenvalue weighted by atomic mass is 9.78. The molecular weight excluding hydrogens is 380 g/mol. The van der Waals surface area contributed by atoms with Crippen LogP contribution in [0.4, 0.5) is 6.01 Å². The summed E-state index contributed by atoms with van der Waals surface area (Å²) in [4.78, 5) is 4.98. The van der Waals surface area contributed by atoms with Gasteiger partial charge in [0, 0.05) is 24.5 Å². The summed E-state index contributed by atoms with van der Waals surface area (Å²) in [5.41, 5.74) is 1.85. The van der Waals surface area contributed by atoms with Gasteiger partial charge in [-0.15, -0.1) is 5.10 Å². The van der Waals surface area contributed by atoms with Gasteiger partial charge in [-0.2, -0.15) is 0 Å². The molecule has 2 aromatic rings. The SMILES string of the molecule is c1ccc(C2CCN(C3CCC4(C3)CN(c3nnco3)C4)CC2)c(OC2COC2)c1. The number of benzene rings is 1. The van der Waals surface area contributed by atoms with Crippen LogP contribution in [-0.4, -0.2) is 66.6 Å². The van der Waals surface area contributed by atoms with E-state index in [9.17, 15) is 0 Å². The second-order valence-electron chi connectivity index (χ2n) is 9.60. The molecule has 30 heavy (non-hydrogen) atoms. The highest BCUT2D eigenvalue weighted by Gasteiger charge is 2.50. The Labute approximate surface area is 177 Å². The second-order valence-corrected chi connectivity index (χ2v) is 9.60. The van der Waals surface area contributed by atoms with Crippen molar-refractivity contribution >= 4 is 6.01 Å². The van der Waals surface area contributed by atoms with Gasteiger partial charge in [-0.1, -0.05) is 23.3 Å². The van der Waals surface area contributed by atoms with E-state index in [1.807, 2.05) is 0 Å². The number of anilines is 1. The molecule has 0 amide bonds. The lowest BCUT2D eigenvalue weighted by molar-refractivity contribution is -0.0801. The van der Waals surface area contributed by atoms with Gasteiger partial charge in [0.15, 0.2) is 0 Å². The molecule has 0 radical (unpaired) electrons. The molecule has 7 nitrogen and oxygen atoms in total. The van der Waals surface area contributed by atoms with Gasteiger partial charge in [-0.25, -0.2) is 0 Å². The van der Waals surface area contributed by atoms with Gasteiger partial charge < -0.3 is 23.7 Å². The van der Waals surface area contributed by atoms with Crippen LogP contribution < -0.4 is 9.64 Å². The van der Waals surface area contributed by atoms with E-state index in [0.717, 1.165) is 38.1 Å². The first-order chi connectivity index (χ1) is 14.8. The summed E-state index contributed by atoms with van der Waals surface area (Å²) in [5.74, 6) is 1.67. The fourth-order valence-corrected chi connectivity index (χ4v) is 5.94. The van der Waals surface area contributed by atoms with Crippen LogP contribution in [0, 0.1) is 5.41 Å². The van der Waals surface area contributed by atoms with E-state index in [1.165, 1.54) is 57.2 Å². The number of nitrogens with zero attached hydrogens (tertiary/aromatic N) is 4. The maximum Gasteiger partial charge on any atom is 0.317 e. The minimum atomic E-state index is 0.232. The smallest absolute Gasteiger partial charge is 0.317 e. The molecule has 1 aliphatic carbocycles. The third kappa shape index (κ3) is 3.38. The highest BCUT2D eigenvalue weighted by molar-refractivity contribution is 5.37. The molecule has 4 heterocycles. The van der Waals surface area contributed by atoms with Gasteiger partial charge in [-0.3, -0.25) is 0 Å². The maximum atomic E-state index is 6.19. The molecule has 1 saturated carbocycles. The Morgan fingerprint density at radius 2 is 1.90 bits per heavy atom. The Morgan fingerprint density at radius 1 is 1.07 bits per heavy atom. The lowest BCUT2D eigenvalue weighted by Gasteiger charge is -2.48. The number of piperidine rings is 1. The Balaban J connectivity index is 1.04. The van der Waals surface area contributed by atoms with E-state index in [2.05, 4.69) is 44.3 Å². The first-order valence-corrected chi connectivity index (χ1v) is 11.4. The minimum Gasteiger partial charge on any atom is -0.485 e. The molecule has 160 valence electrons. The zero-order valence-electron chi connectivity index (χ0n) is 17.4. The molecule has 3 saturated heterocycles. The molecule has 6 rings (SSSR count). The van der Waals surface area contributed by atoms with Gasteiger partial charge in [0.2, 0.25) is 6.39 Å². The first-order valence-electron chi connectivity index (χ1n) is 11.4. The van der Waals surface area contributed by atoms with Crippen molar-refractivity contribution in [2.45, 2.75) is 50.2 Å². The fraction of sp³-hybridized carbons (Fsp3) is 0.652. The molecule has 0 N–H and O–H groups in total. The predicted octanol–water partition coefficient (Wildman–Crippen LogP) is 3.09. The average Bonchev–Trinajstić information content (AvgIpc) is 3.40. The van der Waals surface area contributed by atoms with Crippen molar-refractivity contribution in [1.29, 1.82) is 0 Å². The van der Waals surface area contributed by atoms with Crippen LogP contribution >= 0.6 is 0 Å². The number of ether oxygens (including phenoxy) is 2. The van der Waals surface area contributed by atoms with E-state index in [-0.39, 0.29) is 6.10 Å². The maximum absolute atomic E-state index is 6.19. The van der Waals surface area contributed by atoms with Crippen molar-refractivity contribution in [2.24, 2.45) is 5.41 Å². The summed E-state index contributed by atoms with van der Waals surface area (Å²) in [5, 5.41) is 7.86. The molecule has 1 aromatic heterocycles. The summed E-state index contributed by atoms with van der Waals surface area (Å²) in [6.45, 7) is 5.97. The Morgan fingerprint density at radius 3 is 2.63 bits per heavy atom. The summed E-state index contributed by atoms with van der Waals surface area (Å²) < 4.78 is 16.8. The fourth-order valence-electron chi connectivity index (χ4n) is 5.94. The third-order valence-electron chi connectivity index (χ3n) is 7.65. The van der Waals surface area contributed by atoms with Crippen LogP contribution in [0.5, 0.6) is 5.75 Å². The highest BCUT2D eigenvalue weighted by atomic mass is 16.6. The predicted molar refractivity (Wildman–Crippen MR) is 112 cm³/mol.